The molecule has 4 N–H and O–H groups in total. The van der Waals surface area contributed by atoms with Crippen molar-refractivity contribution in [3.05, 3.63) is 70.3 Å². The lowest BCUT2D eigenvalue weighted by molar-refractivity contribution is 0.594. The van der Waals surface area contributed by atoms with E-state index < -0.39 is 11.6 Å². The lowest BCUT2D eigenvalue weighted by atomic mass is 9.90. The van der Waals surface area contributed by atoms with Crippen LogP contribution in [0.4, 0.5) is 20.2 Å². The Hall–Kier alpha value is -3.64. The van der Waals surface area contributed by atoms with Crippen LogP contribution in [-0.2, 0) is 0 Å². The maximum atomic E-state index is 13.9. The first-order valence-electron chi connectivity index (χ1n) is 10.2. The predicted molar refractivity (Wildman–Crippen MR) is 129 cm³/mol. The first-order chi connectivity index (χ1) is 14.8. The van der Waals surface area contributed by atoms with E-state index in [0.29, 0.717) is 28.0 Å². The molecule has 0 heterocycles. The highest BCUT2D eigenvalue weighted by Gasteiger charge is 2.20. The molecule has 2 aromatic rings. The fourth-order valence-electron chi connectivity index (χ4n) is 3.36. The van der Waals surface area contributed by atoms with E-state index in [0.717, 1.165) is 5.56 Å². The van der Waals surface area contributed by atoms with E-state index in [4.69, 9.17) is 22.0 Å². The number of nitriles is 2. The molecule has 0 saturated heterocycles. The molecule has 4 nitrogen and oxygen atoms in total. The lowest BCUT2D eigenvalue weighted by Gasteiger charge is -2.18. The van der Waals surface area contributed by atoms with Crippen molar-refractivity contribution in [2.75, 3.05) is 11.5 Å². The van der Waals surface area contributed by atoms with Crippen molar-refractivity contribution in [2.24, 2.45) is 0 Å². The van der Waals surface area contributed by atoms with Gasteiger partial charge in [-0.2, -0.15) is 10.5 Å². The van der Waals surface area contributed by atoms with E-state index in [9.17, 15) is 8.78 Å². The molecular formula is C26H30F2N4. The molecule has 0 unspecified atom stereocenters. The summed E-state index contributed by atoms with van der Waals surface area (Å²) in [6.45, 7) is 18.5. The minimum Gasteiger partial charge on any atom is -0.398 e. The van der Waals surface area contributed by atoms with Crippen LogP contribution in [0, 0.1) is 34.3 Å². The molecule has 0 saturated carbocycles. The van der Waals surface area contributed by atoms with Crippen LogP contribution in [-0.4, -0.2) is 0 Å². The van der Waals surface area contributed by atoms with Gasteiger partial charge in [-0.25, -0.2) is 8.78 Å². The van der Waals surface area contributed by atoms with Crippen molar-refractivity contribution < 1.29 is 8.78 Å². The van der Waals surface area contributed by atoms with Gasteiger partial charge in [-0.15, -0.1) is 0 Å². The predicted octanol–water partition coefficient (Wildman–Crippen LogP) is 6.87. The smallest absolute Gasteiger partial charge is 0.150 e. The molecule has 0 amide bonds. The zero-order chi connectivity index (χ0) is 24.9. The second-order valence-electron chi connectivity index (χ2n) is 8.32. The zero-order valence-corrected chi connectivity index (χ0v) is 19.5. The van der Waals surface area contributed by atoms with E-state index in [-0.39, 0.29) is 34.2 Å². The third-order valence-corrected chi connectivity index (χ3v) is 5.00. The second kappa shape index (κ2) is 10.6. The SMILES string of the molecule is C=C(C)c1cc(C#N)c(F)c(C(=C)C)c1N.CC(C)c1cc(C#N)c(F)c(C(C)C)c1N. The minimum absolute atomic E-state index is 0.0224. The number of anilines is 2. The normalized spacial score (nSPS) is 10.2. The molecule has 32 heavy (non-hydrogen) atoms. The fraction of sp³-hybridized carbons (Fsp3) is 0.308. The van der Waals surface area contributed by atoms with Gasteiger partial charge in [0.2, 0.25) is 0 Å². The molecule has 0 aliphatic heterocycles. The fourth-order valence-corrected chi connectivity index (χ4v) is 3.36. The van der Waals surface area contributed by atoms with Gasteiger partial charge < -0.3 is 11.5 Å². The summed E-state index contributed by atoms with van der Waals surface area (Å²) < 4.78 is 27.8. The van der Waals surface area contributed by atoms with Crippen LogP contribution in [0.15, 0.2) is 25.3 Å². The quantitative estimate of drug-likeness (QED) is 0.511. The minimum atomic E-state index is -0.613. The Morgan fingerprint density at radius 2 is 1.34 bits per heavy atom. The molecule has 2 aromatic carbocycles. The highest BCUT2D eigenvalue weighted by atomic mass is 19.1. The molecule has 0 fully saturated rings. The monoisotopic (exact) mass is 436 g/mol. The average Bonchev–Trinajstić information content (AvgIpc) is 2.67. The third kappa shape index (κ3) is 5.34. The van der Waals surface area contributed by atoms with Crippen LogP contribution in [0.2, 0.25) is 0 Å². The van der Waals surface area contributed by atoms with Crippen LogP contribution < -0.4 is 11.5 Å². The average molecular weight is 437 g/mol. The first kappa shape index (κ1) is 26.4. The topological polar surface area (TPSA) is 99.6 Å². The zero-order valence-electron chi connectivity index (χ0n) is 19.5. The number of nitrogens with zero attached hydrogens (tertiary/aromatic N) is 2. The maximum Gasteiger partial charge on any atom is 0.150 e. The van der Waals surface area contributed by atoms with Crippen molar-refractivity contribution >= 4 is 22.5 Å². The summed E-state index contributed by atoms with van der Waals surface area (Å²) in [5.74, 6) is -0.923. The number of nitrogen functional groups attached to an aromatic ring is 2. The van der Waals surface area contributed by atoms with Crippen molar-refractivity contribution in [2.45, 2.75) is 53.4 Å². The summed E-state index contributed by atoms with van der Waals surface area (Å²) in [4.78, 5) is 0. The van der Waals surface area contributed by atoms with Gasteiger partial charge in [0, 0.05) is 28.1 Å². The number of nitrogens with two attached hydrogens (primary N) is 2. The van der Waals surface area contributed by atoms with Gasteiger partial charge in [0.1, 0.15) is 18.0 Å². The Labute approximate surface area is 189 Å². The number of hydrogen-bond acceptors (Lipinski definition) is 4. The number of rotatable bonds is 4. The Bertz CT molecular complexity index is 1150. The Morgan fingerprint density at radius 1 is 0.844 bits per heavy atom. The molecule has 0 radical (unpaired) electrons. The van der Waals surface area contributed by atoms with Crippen LogP contribution >= 0.6 is 0 Å². The molecule has 0 aliphatic rings. The summed E-state index contributed by atoms with van der Waals surface area (Å²) in [6.07, 6.45) is 0. The van der Waals surface area contributed by atoms with E-state index in [1.54, 1.807) is 26.0 Å². The summed E-state index contributed by atoms with van der Waals surface area (Å²) in [5.41, 5.74) is 15.9. The second-order valence-corrected chi connectivity index (χ2v) is 8.32. The maximum absolute atomic E-state index is 13.9. The van der Waals surface area contributed by atoms with Crippen molar-refractivity contribution in [1.29, 1.82) is 10.5 Å². The van der Waals surface area contributed by atoms with Gasteiger partial charge in [-0.05, 0) is 54.5 Å². The van der Waals surface area contributed by atoms with E-state index in [1.165, 1.54) is 6.07 Å². The van der Waals surface area contributed by atoms with Gasteiger partial charge in [-0.1, -0.05) is 40.9 Å². The lowest BCUT2D eigenvalue weighted by Crippen LogP contribution is -2.07. The van der Waals surface area contributed by atoms with Crippen molar-refractivity contribution in [1.82, 2.24) is 0 Å². The van der Waals surface area contributed by atoms with Crippen molar-refractivity contribution in [3.8, 4) is 12.1 Å². The molecule has 168 valence electrons. The Kier molecular flexibility index (Phi) is 8.74. The van der Waals surface area contributed by atoms with Gasteiger partial charge in [0.05, 0.1) is 11.1 Å². The van der Waals surface area contributed by atoms with Crippen LogP contribution in [0.5, 0.6) is 0 Å². The van der Waals surface area contributed by atoms with Gasteiger partial charge in [0.25, 0.3) is 0 Å². The third-order valence-electron chi connectivity index (χ3n) is 5.00. The Balaban J connectivity index is 0.000000320. The van der Waals surface area contributed by atoms with E-state index >= 15 is 0 Å². The standard InChI is InChI=1S/C13H17FN2.C13H13FN2/c2*1-7(2)10-5-9(6-15)12(14)11(8(3)4)13(10)16/h5,7-8H,16H2,1-4H3;5H,1,3,16H2,2,4H3. The molecule has 2 rings (SSSR count). The summed E-state index contributed by atoms with van der Waals surface area (Å²) in [5, 5.41) is 17.7. The Morgan fingerprint density at radius 3 is 1.72 bits per heavy atom. The molecule has 0 aromatic heterocycles. The van der Waals surface area contributed by atoms with Crippen molar-refractivity contribution in [3.63, 3.8) is 0 Å². The molecule has 6 heteroatoms. The van der Waals surface area contributed by atoms with Gasteiger partial charge in [-0.3, -0.25) is 0 Å². The van der Waals surface area contributed by atoms with Crippen LogP contribution in [0.1, 0.15) is 86.8 Å². The van der Waals surface area contributed by atoms with Gasteiger partial charge >= 0.3 is 0 Å². The molecule has 0 spiro atoms. The first-order valence-corrected chi connectivity index (χ1v) is 10.2. The molecule has 0 atom stereocenters. The summed E-state index contributed by atoms with van der Waals surface area (Å²) in [6, 6.07) is 6.66. The largest absolute Gasteiger partial charge is 0.398 e. The highest BCUT2D eigenvalue weighted by Crippen LogP contribution is 2.34. The number of halogens is 2. The van der Waals surface area contributed by atoms with E-state index in [1.807, 2.05) is 33.8 Å². The van der Waals surface area contributed by atoms with Crippen LogP contribution in [0.3, 0.4) is 0 Å². The number of benzene rings is 2. The molecule has 0 aliphatic carbocycles. The van der Waals surface area contributed by atoms with E-state index in [2.05, 4.69) is 13.2 Å². The van der Waals surface area contributed by atoms with Gasteiger partial charge in [0.15, 0.2) is 5.82 Å². The summed E-state index contributed by atoms with van der Waals surface area (Å²) in [7, 11) is 0. The molecular weight excluding hydrogens is 406 g/mol. The molecule has 0 bridgehead atoms. The van der Waals surface area contributed by atoms with Crippen LogP contribution in [0.25, 0.3) is 11.1 Å². The summed E-state index contributed by atoms with van der Waals surface area (Å²) >= 11 is 0. The number of hydrogen-bond donors (Lipinski definition) is 2. The highest BCUT2D eigenvalue weighted by molar-refractivity contribution is 5.84. The number of allylic oxidation sites excluding steroid dienone is 2.